The zero-order valence-corrected chi connectivity index (χ0v) is 18.1. The molecule has 1 atom stereocenters. The molecule has 1 unspecified atom stereocenters. The molecule has 2 aromatic heterocycles. The van der Waals surface area contributed by atoms with Crippen LogP contribution in [0.3, 0.4) is 0 Å². The first-order valence-corrected chi connectivity index (χ1v) is 10.8. The fourth-order valence-corrected chi connectivity index (χ4v) is 4.45. The molecule has 0 N–H and O–H groups in total. The van der Waals surface area contributed by atoms with Crippen LogP contribution in [0.1, 0.15) is 16.8 Å². The number of hydrogen-bond acceptors (Lipinski definition) is 9. The Morgan fingerprint density at radius 3 is 2.70 bits per heavy atom. The van der Waals surface area contributed by atoms with Gasteiger partial charge in [-0.3, -0.25) is 9.59 Å². The number of anilines is 1. The molecule has 10 heteroatoms. The zero-order valence-electron chi connectivity index (χ0n) is 17.3. The summed E-state index contributed by atoms with van der Waals surface area (Å²) in [6, 6.07) is 15.5. The Hall–Kier alpha value is -4.05. The lowest BCUT2D eigenvalue weighted by Crippen LogP contribution is -2.31. The first-order valence-electron chi connectivity index (χ1n) is 9.94. The summed E-state index contributed by atoms with van der Waals surface area (Å²) in [5.41, 5.74) is 1.92. The van der Waals surface area contributed by atoms with Crippen molar-refractivity contribution in [2.45, 2.75) is 16.8 Å². The van der Waals surface area contributed by atoms with E-state index in [9.17, 15) is 14.4 Å². The Kier molecular flexibility index (Phi) is 5.35. The summed E-state index contributed by atoms with van der Waals surface area (Å²) in [5.74, 6) is -0.685. The fraction of sp³-hybridized carbons (Fsp3) is 0.130. The number of amides is 2. The van der Waals surface area contributed by atoms with Crippen LogP contribution in [-0.2, 0) is 14.3 Å². The maximum Gasteiger partial charge on any atom is 0.337 e. The highest BCUT2D eigenvalue weighted by Crippen LogP contribution is 2.33. The molecule has 9 nitrogen and oxygen atoms in total. The number of carbonyl (C=O) groups is 3. The van der Waals surface area contributed by atoms with Crippen molar-refractivity contribution < 1.29 is 23.5 Å². The first-order chi connectivity index (χ1) is 16.0. The number of benzene rings is 2. The van der Waals surface area contributed by atoms with Crippen LogP contribution in [0.2, 0.25) is 0 Å². The maximum atomic E-state index is 13.0. The number of methoxy groups -OCH3 is 1. The molecule has 0 bridgehead atoms. The van der Waals surface area contributed by atoms with Crippen LogP contribution >= 0.6 is 11.8 Å². The van der Waals surface area contributed by atoms with Gasteiger partial charge in [-0.05, 0) is 36.4 Å². The Labute approximate surface area is 191 Å². The third-order valence-corrected chi connectivity index (χ3v) is 6.15. The molecule has 164 valence electrons. The van der Waals surface area contributed by atoms with Crippen LogP contribution in [0, 0.1) is 0 Å². The zero-order chi connectivity index (χ0) is 22.9. The van der Waals surface area contributed by atoms with Gasteiger partial charge in [0.05, 0.1) is 24.6 Å². The van der Waals surface area contributed by atoms with Crippen molar-refractivity contribution >= 4 is 46.2 Å². The van der Waals surface area contributed by atoms with Crippen LogP contribution in [0.15, 0.2) is 70.4 Å². The normalized spacial score (nSPS) is 15.9. The number of aromatic nitrogens is 3. The number of esters is 1. The van der Waals surface area contributed by atoms with Gasteiger partial charge in [0.15, 0.2) is 5.76 Å². The van der Waals surface area contributed by atoms with Gasteiger partial charge >= 0.3 is 5.97 Å². The molecular formula is C23H16N4O5S. The third kappa shape index (κ3) is 3.96. The predicted octanol–water partition coefficient (Wildman–Crippen LogP) is 3.50. The minimum atomic E-state index is -0.689. The Balaban J connectivity index is 1.35. The second-order valence-electron chi connectivity index (χ2n) is 7.19. The lowest BCUT2D eigenvalue weighted by atomic mass is 10.2. The van der Waals surface area contributed by atoms with E-state index >= 15 is 0 Å². The summed E-state index contributed by atoms with van der Waals surface area (Å²) >= 11 is 1.08. The summed E-state index contributed by atoms with van der Waals surface area (Å²) in [6.45, 7) is 0. The number of hydrogen-bond donors (Lipinski definition) is 0. The topological polar surface area (TPSA) is 115 Å². The standard InChI is InChI=1S/C23H16N4O5S/c1-31-22(30)13-6-8-15(9-7-13)27-20(28)11-19(21(27)29)33-23-25-16(12-24-26-23)18-10-14-4-2-3-5-17(14)32-18/h2-10,12,19H,11H2,1H3. The largest absolute Gasteiger partial charge is 0.465 e. The van der Waals surface area contributed by atoms with Gasteiger partial charge in [-0.25, -0.2) is 14.7 Å². The highest BCUT2D eigenvalue weighted by molar-refractivity contribution is 8.00. The molecule has 0 radical (unpaired) electrons. The Morgan fingerprint density at radius 2 is 1.94 bits per heavy atom. The molecule has 0 spiro atoms. The van der Waals surface area contributed by atoms with Gasteiger partial charge in [-0.2, -0.15) is 5.10 Å². The van der Waals surface area contributed by atoms with Crippen molar-refractivity contribution in [1.82, 2.24) is 15.2 Å². The van der Waals surface area contributed by atoms with Gasteiger partial charge in [0.2, 0.25) is 17.0 Å². The molecule has 3 heterocycles. The molecule has 2 aromatic carbocycles. The highest BCUT2D eigenvalue weighted by atomic mass is 32.2. The minimum Gasteiger partial charge on any atom is -0.465 e. The summed E-state index contributed by atoms with van der Waals surface area (Å²) in [7, 11) is 1.28. The Morgan fingerprint density at radius 1 is 1.15 bits per heavy atom. The van der Waals surface area contributed by atoms with E-state index in [0.29, 0.717) is 22.7 Å². The van der Waals surface area contributed by atoms with E-state index in [4.69, 9.17) is 4.42 Å². The summed E-state index contributed by atoms with van der Waals surface area (Å²) < 4.78 is 10.5. The lowest BCUT2D eigenvalue weighted by Gasteiger charge is -2.15. The molecule has 1 aliphatic heterocycles. The van der Waals surface area contributed by atoms with Crippen molar-refractivity contribution in [3.63, 3.8) is 0 Å². The van der Waals surface area contributed by atoms with Gasteiger partial charge in [0, 0.05) is 11.8 Å². The van der Waals surface area contributed by atoms with Gasteiger partial charge < -0.3 is 9.15 Å². The number of rotatable bonds is 5. The number of carbonyl (C=O) groups excluding carboxylic acids is 3. The SMILES string of the molecule is COC(=O)c1ccc(N2C(=O)CC(Sc3nncc(-c4cc5ccccc5o4)n3)C2=O)cc1. The van der Waals surface area contributed by atoms with E-state index in [1.807, 2.05) is 30.3 Å². The van der Waals surface area contributed by atoms with E-state index in [2.05, 4.69) is 19.9 Å². The minimum absolute atomic E-state index is 0.000475. The molecule has 1 saturated heterocycles. The summed E-state index contributed by atoms with van der Waals surface area (Å²) in [5, 5.41) is 8.50. The molecule has 5 rings (SSSR count). The lowest BCUT2D eigenvalue weighted by molar-refractivity contribution is -0.121. The van der Waals surface area contributed by atoms with Crippen LogP contribution in [0.4, 0.5) is 5.69 Å². The number of thioether (sulfide) groups is 1. The highest BCUT2D eigenvalue weighted by Gasteiger charge is 2.40. The molecule has 0 aliphatic carbocycles. The molecule has 0 saturated carbocycles. The number of nitrogens with zero attached hydrogens (tertiary/aromatic N) is 4. The molecule has 33 heavy (non-hydrogen) atoms. The predicted molar refractivity (Wildman–Crippen MR) is 120 cm³/mol. The Bertz CT molecular complexity index is 1350. The van der Waals surface area contributed by atoms with Crippen LogP contribution in [0.5, 0.6) is 0 Å². The molecule has 4 aromatic rings. The van der Waals surface area contributed by atoms with Gasteiger partial charge in [-0.1, -0.05) is 30.0 Å². The summed E-state index contributed by atoms with van der Waals surface area (Å²) in [4.78, 5) is 42.7. The third-order valence-electron chi connectivity index (χ3n) is 5.12. The average molecular weight is 460 g/mol. The van der Waals surface area contributed by atoms with Crippen LogP contribution < -0.4 is 4.90 Å². The molecule has 1 fully saturated rings. The number of para-hydroxylation sites is 1. The quantitative estimate of drug-likeness (QED) is 0.326. The molecule has 1 aliphatic rings. The monoisotopic (exact) mass is 460 g/mol. The van der Waals surface area contributed by atoms with Crippen molar-refractivity contribution in [3.05, 3.63) is 66.4 Å². The van der Waals surface area contributed by atoms with E-state index < -0.39 is 11.2 Å². The maximum absolute atomic E-state index is 13.0. The van der Waals surface area contributed by atoms with Crippen LogP contribution in [-0.4, -0.2) is 45.3 Å². The van der Waals surface area contributed by atoms with Crippen molar-refractivity contribution in [2.75, 3.05) is 12.0 Å². The second kappa shape index (κ2) is 8.47. The number of imide groups is 1. The van der Waals surface area contributed by atoms with Gasteiger partial charge in [-0.15, -0.1) is 5.10 Å². The number of furan rings is 1. The van der Waals surface area contributed by atoms with Gasteiger partial charge in [0.1, 0.15) is 16.5 Å². The number of ether oxygens (including phenoxy) is 1. The van der Waals surface area contributed by atoms with E-state index in [1.54, 1.807) is 0 Å². The smallest absolute Gasteiger partial charge is 0.337 e. The molecule has 2 amide bonds. The second-order valence-corrected chi connectivity index (χ2v) is 8.36. The van der Waals surface area contributed by atoms with Crippen molar-refractivity contribution in [3.8, 4) is 11.5 Å². The van der Waals surface area contributed by atoms with Crippen LogP contribution in [0.25, 0.3) is 22.4 Å². The molecular weight excluding hydrogens is 444 g/mol. The van der Waals surface area contributed by atoms with Gasteiger partial charge in [0.25, 0.3) is 0 Å². The van der Waals surface area contributed by atoms with Crippen molar-refractivity contribution in [1.29, 1.82) is 0 Å². The number of fused-ring (bicyclic) bond motifs is 1. The average Bonchev–Trinajstić information content (AvgIpc) is 3.39. The van der Waals surface area contributed by atoms with E-state index in [0.717, 1.165) is 27.6 Å². The first kappa shape index (κ1) is 20.8. The van der Waals surface area contributed by atoms with E-state index in [-0.39, 0.29) is 23.4 Å². The fourth-order valence-electron chi connectivity index (χ4n) is 3.52. The summed E-state index contributed by atoms with van der Waals surface area (Å²) in [6.07, 6.45) is 1.49. The van der Waals surface area contributed by atoms with E-state index in [1.165, 1.54) is 37.6 Å². The van der Waals surface area contributed by atoms with Crippen molar-refractivity contribution in [2.24, 2.45) is 0 Å².